The molecule has 0 spiro atoms. The Morgan fingerprint density at radius 3 is 2.46 bits per heavy atom. The first-order chi connectivity index (χ1) is 11.5. The third-order valence-corrected chi connectivity index (χ3v) is 3.44. The Kier molecular flexibility index (Phi) is 4.03. The van der Waals surface area contributed by atoms with Gasteiger partial charge < -0.3 is 21.9 Å². The Balaban J connectivity index is 1.91. The van der Waals surface area contributed by atoms with E-state index >= 15 is 0 Å². The Labute approximate surface area is 139 Å². The molecule has 3 rings (SSSR count). The quantitative estimate of drug-likeness (QED) is 0.441. The Morgan fingerprint density at radius 2 is 1.75 bits per heavy atom. The molecule has 2 aromatic rings. The van der Waals surface area contributed by atoms with Gasteiger partial charge >= 0.3 is 0 Å². The van der Waals surface area contributed by atoms with Gasteiger partial charge in [0.25, 0.3) is 0 Å². The van der Waals surface area contributed by atoms with Gasteiger partial charge in [0.15, 0.2) is 0 Å². The topological polar surface area (TPSA) is 121 Å². The maximum atomic E-state index is 9.55. The van der Waals surface area contributed by atoms with Gasteiger partial charge in [-0.15, -0.1) is 0 Å². The van der Waals surface area contributed by atoms with Crippen LogP contribution < -0.4 is 16.8 Å². The molecule has 120 valence electrons. The van der Waals surface area contributed by atoms with Crippen LogP contribution >= 0.6 is 0 Å². The predicted octanol–water partition coefficient (Wildman–Crippen LogP) is 2.92. The molecule has 0 saturated carbocycles. The number of rotatable bonds is 3. The summed E-state index contributed by atoms with van der Waals surface area (Å²) in [6.45, 7) is 0. The number of benzene rings is 2. The summed E-state index contributed by atoms with van der Waals surface area (Å²) in [7, 11) is 0. The second kappa shape index (κ2) is 6.29. The highest BCUT2D eigenvalue weighted by Crippen LogP contribution is 2.22. The monoisotopic (exact) mass is 319 g/mol. The number of nitrogens with zero attached hydrogens (tertiary/aromatic N) is 1. The average Bonchev–Trinajstić information content (AvgIpc) is 2.54. The number of anilines is 2. The minimum absolute atomic E-state index is 0.155. The summed E-state index contributed by atoms with van der Waals surface area (Å²) in [5.41, 5.74) is 15.5. The first-order valence-corrected chi connectivity index (χ1v) is 7.30. The van der Waals surface area contributed by atoms with E-state index in [1.807, 2.05) is 6.07 Å². The normalized spacial score (nSPS) is 15.8. The van der Waals surface area contributed by atoms with E-state index in [4.69, 9.17) is 16.9 Å². The smallest absolute Gasteiger partial charge is 0.117 e. The molecule has 6 heteroatoms. The number of nitrogens with two attached hydrogens (primary N) is 2. The molecule has 0 radical (unpaired) electrons. The lowest BCUT2D eigenvalue weighted by molar-refractivity contribution is 0.475. The van der Waals surface area contributed by atoms with Crippen molar-refractivity contribution in [2.24, 2.45) is 10.7 Å². The first kappa shape index (κ1) is 15.4. The number of nitrogens with one attached hydrogen (secondary N) is 2. The molecular weight excluding hydrogens is 302 g/mol. The van der Waals surface area contributed by atoms with Crippen molar-refractivity contribution in [1.82, 2.24) is 0 Å². The number of phenols is 1. The average molecular weight is 319 g/mol. The van der Waals surface area contributed by atoms with E-state index in [1.165, 1.54) is 0 Å². The zero-order chi connectivity index (χ0) is 17.1. The molecule has 0 aromatic heterocycles. The summed E-state index contributed by atoms with van der Waals surface area (Å²) in [4.78, 5) is 4.45. The first-order valence-electron chi connectivity index (χ1n) is 7.30. The minimum Gasteiger partial charge on any atom is -0.508 e. The molecule has 0 aliphatic heterocycles. The number of hydrogen-bond donors (Lipinski definition) is 5. The van der Waals surface area contributed by atoms with Crippen molar-refractivity contribution in [3.8, 4) is 5.75 Å². The van der Waals surface area contributed by atoms with Crippen molar-refractivity contribution >= 4 is 28.5 Å². The Morgan fingerprint density at radius 1 is 1.00 bits per heavy atom. The molecule has 0 saturated heterocycles. The van der Waals surface area contributed by atoms with Gasteiger partial charge in [-0.1, -0.05) is 6.07 Å². The number of phenolic OH excluding ortho intramolecular Hbond substituents is 1. The SMILES string of the molecule is N=C1C=C(N)C(Nc2cccc(O)c2)=CC1=Nc1ccc(N)cc1. The summed E-state index contributed by atoms with van der Waals surface area (Å²) >= 11 is 0. The molecule has 0 atom stereocenters. The zero-order valence-electron chi connectivity index (χ0n) is 12.8. The summed E-state index contributed by atoms with van der Waals surface area (Å²) in [6, 6.07) is 13.8. The number of aromatic hydroxyl groups is 1. The predicted molar refractivity (Wildman–Crippen MR) is 97.8 cm³/mol. The van der Waals surface area contributed by atoms with Gasteiger partial charge in [0.05, 0.1) is 28.5 Å². The van der Waals surface area contributed by atoms with Crippen LogP contribution in [0.5, 0.6) is 5.75 Å². The number of hydrogen-bond acceptors (Lipinski definition) is 6. The fraction of sp³-hybridized carbons (Fsp3) is 0. The van der Waals surface area contributed by atoms with Crippen molar-refractivity contribution in [1.29, 1.82) is 5.41 Å². The van der Waals surface area contributed by atoms with E-state index in [2.05, 4.69) is 10.3 Å². The molecule has 6 nitrogen and oxygen atoms in total. The summed E-state index contributed by atoms with van der Waals surface area (Å²) in [5.74, 6) is 0.155. The molecule has 0 unspecified atom stereocenters. The van der Waals surface area contributed by atoms with Crippen LogP contribution in [0.4, 0.5) is 17.1 Å². The molecular formula is C18H17N5O. The van der Waals surface area contributed by atoms with Gasteiger partial charge in [-0.05, 0) is 48.6 Å². The maximum absolute atomic E-state index is 9.55. The number of aliphatic imine (C=N–C) groups is 1. The number of allylic oxidation sites excluding steroid dienone is 2. The van der Waals surface area contributed by atoms with Crippen LogP contribution in [0.2, 0.25) is 0 Å². The second-order valence-electron chi connectivity index (χ2n) is 5.34. The lowest BCUT2D eigenvalue weighted by Crippen LogP contribution is -2.21. The highest BCUT2D eigenvalue weighted by atomic mass is 16.3. The third-order valence-electron chi connectivity index (χ3n) is 3.44. The van der Waals surface area contributed by atoms with Crippen molar-refractivity contribution in [3.63, 3.8) is 0 Å². The second-order valence-corrected chi connectivity index (χ2v) is 5.34. The van der Waals surface area contributed by atoms with E-state index < -0.39 is 0 Å². The van der Waals surface area contributed by atoms with E-state index in [0.717, 1.165) is 0 Å². The van der Waals surface area contributed by atoms with Crippen molar-refractivity contribution in [2.45, 2.75) is 0 Å². The van der Waals surface area contributed by atoms with Gasteiger partial charge in [-0.2, -0.15) is 0 Å². The Hall–Kier alpha value is -3.54. The van der Waals surface area contributed by atoms with Gasteiger partial charge in [-0.3, -0.25) is 5.41 Å². The van der Waals surface area contributed by atoms with E-state index in [9.17, 15) is 5.11 Å². The van der Waals surface area contributed by atoms with Gasteiger partial charge in [0.1, 0.15) is 5.75 Å². The van der Waals surface area contributed by atoms with E-state index in [1.54, 1.807) is 54.6 Å². The highest BCUT2D eigenvalue weighted by molar-refractivity contribution is 6.50. The van der Waals surface area contributed by atoms with Crippen molar-refractivity contribution in [2.75, 3.05) is 11.1 Å². The van der Waals surface area contributed by atoms with Crippen LogP contribution in [0.1, 0.15) is 0 Å². The minimum atomic E-state index is 0.155. The molecule has 1 aliphatic rings. The lowest BCUT2D eigenvalue weighted by atomic mass is 10.0. The van der Waals surface area contributed by atoms with Crippen LogP contribution in [0.3, 0.4) is 0 Å². The molecule has 7 N–H and O–H groups in total. The highest BCUT2D eigenvalue weighted by Gasteiger charge is 2.14. The lowest BCUT2D eigenvalue weighted by Gasteiger charge is -2.17. The molecule has 0 bridgehead atoms. The van der Waals surface area contributed by atoms with E-state index in [-0.39, 0.29) is 11.5 Å². The number of nitrogen functional groups attached to an aromatic ring is 1. The molecule has 0 amide bonds. The maximum Gasteiger partial charge on any atom is 0.117 e. The molecule has 1 aliphatic carbocycles. The fourth-order valence-electron chi connectivity index (χ4n) is 2.23. The molecule has 24 heavy (non-hydrogen) atoms. The third kappa shape index (κ3) is 3.44. The standard InChI is InChI=1S/C18H17N5O/c19-11-4-6-12(7-5-11)22-17-10-18(16(21)9-15(17)20)23-13-2-1-3-14(24)8-13/h1-10,20,23-24H,19,21H2. The summed E-state index contributed by atoms with van der Waals surface area (Å²) in [6.07, 6.45) is 3.25. The van der Waals surface area contributed by atoms with Gasteiger partial charge in [0, 0.05) is 17.4 Å². The van der Waals surface area contributed by atoms with Crippen LogP contribution in [-0.4, -0.2) is 16.5 Å². The summed E-state index contributed by atoms with van der Waals surface area (Å²) in [5, 5.41) is 20.7. The summed E-state index contributed by atoms with van der Waals surface area (Å²) < 4.78 is 0. The Bertz CT molecular complexity index is 879. The van der Waals surface area contributed by atoms with Crippen LogP contribution in [0.25, 0.3) is 0 Å². The van der Waals surface area contributed by atoms with Crippen molar-refractivity contribution < 1.29 is 5.11 Å². The molecule has 0 heterocycles. The van der Waals surface area contributed by atoms with Crippen LogP contribution in [0, 0.1) is 5.41 Å². The van der Waals surface area contributed by atoms with E-state index in [0.29, 0.717) is 34.2 Å². The van der Waals surface area contributed by atoms with Gasteiger partial charge in [-0.25, -0.2) is 4.99 Å². The molecule has 2 aromatic carbocycles. The largest absolute Gasteiger partial charge is 0.508 e. The zero-order valence-corrected chi connectivity index (χ0v) is 12.8. The van der Waals surface area contributed by atoms with Crippen molar-refractivity contribution in [3.05, 3.63) is 72.1 Å². The van der Waals surface area contributed by atoms with Gasteiger partial charge in [0.2, 0.25) is 0 Å². The van der Waals surface area contributed by atoms with Crippen LogP contribution in [0.15, 0.2) is 77.1 Å². The fourth-order valence-corrected chi connectivity index (χ4v) is 2.23. The van der Waals surface area contributed by atoms with Crippen LogP contribution in [-0.2, 0) is 0 Å². The molecule has 0 fully saturated rings.